The normalized spacial score (nSPS) is 22.2. The first-order chi connectivity index (χ1) is 11.6. The second-order valence-electron chi connectivity index (χ2n) is 6.30. The molecule has 2 fully saturated rings. The first-order valence-corrected chi connectivity index (χ1v) is 8.53. The molecule has 2 heterocycles. The van der Waals surface area contributed by atoms with Gasteiger partial charge in [-0.3, -0.25) is 4.79 Å². The zero-order chi connectivity index (χ0) is 16.9. The molecule has 1 aromatic rings. The summed E-state index contributed by atoms with van der Waals surface area (Å²) in [5.41, 5.74) is 0.502. The molecule has 0 aliphatic carbocycles. The van der Waals surface area contributed by atoms with Crippen LogP contribution < -0.4 is 4.74 Å². The van der Waals surface area contributed by atoms with Crippen molar-refractivity contribution >= 4 is 11.9 Å². The molecular formula is C18H23NO5. The first kappa shape index (κ1) is 16.8. The smallest absolute Gasteiger partial charge is 0.326 e. The van der Waals surface area contributed by atoms with Crippen molar-refractivity contribution in [3.8, 4) is 5.75 Å². The SMILES string of the molecule is O=C(O)[C@H]1CCCCN1C(=O)c1ccc(OC2CCOCC2)cc1. The van der Waals surface area contributed by atoms with Crippen molar-refractivity contribution < 1.29 is 24.2 Å². The number of hydrogen-bond acceptors (Lipinski definition) is 4. The molecule has 2 aliphatic heterocycles. The van der Waals surface area contributed by atoms with Gasteiger partial charge >= 0.3 is 5.97 Å². The van der Waals surface area contributed by atoms with Crippen LogP contribution >= 0.6 is 0 Å². The minimum Gasteiger partial charge on any atom is -0.490 e. The van der Waals surface area contributed by atoms with Crippen molar-refractivity contribution in [2.45, 2.75) is 44.2 Å². The lowest BCUT2D eigenvalue weighted by molar-refractivity contribution is -0.143. The van der Waals surface area contributed by atoms with Gasteiger partial charge in [-0.15, -0.1) is 0 Å². The Kier molecular flexibility index (Phi) is 5.35. The summed E-state index contributed by atoms with van der Waals surface area (Å²) in [5.74, 6) is -0.422. The molecule has 24 heavy (non-hydrogen) atoms. The second kappa shape index (κ2) is 7.66. The Labute approximate surface area is 141 Å². The molecule has 1 atom stereocenters. The molecule has 0 saturated carbocycles. The number of amides is 1. The molecule has 2 saturated heterocycles. The van der Waals surface area contributed by atoms with Gasteiger partial charge in [-0.1, -0.05) is 0 Å². The van der Waals surface area contributed by atoms with Crippen molar-refractivity contribution in [1.29, 1.82) is 0 Å². The summed E-state index contributed by atoms with van der Waals surface area (Å²) in [4.78, 5) is 25.4. The number of carbonyl (C=O) groups is 2. The second-order valence-corrected chi connectivity index (χ2v) is 6.30. The molecule has 0 unspecified atom stereocenters. The van der Waals surface area contributed by atoms with Crippen LogP contribution in [0.25, 0.3) is 0 Å². The minimum atomic E-state index is -0.928. The summed E-state index contributed by atoms with van der Waals surface area (Å²) in [6, 6.07) is 6.27. The number of benzene rings is 1. The lowest BCUT2D eigenvalue weighted by Crippen LogP contribution is -2.47. The van der Waals surface area contributed by atoms with E-state index in [1.165, 1.54) is 4.90 Å². The lowest BCUT2D eigenvalue weighted by Gasteiger charge is -2.33. The molecular weight excluding hydrogens is 310 g/mol. The predicted octanol–water partition coefficient (Wildman–Crippen LogP) is 2.32. The van der Waals surface area contributed by atoms with Crippen LogP contribution in [0, 0.1) is 0 Å². The van der Waals surface area contributed by atoms with Crippen molar-refractivity contribution in [1.82, 2.24) is 4.90 Å². The first-order valence-electron chi connectivity index (χ1n) is 8.53. The van der Waals surface area contributed by atoms with Gasteiger partial charge in [0.25, 0.3) is 5.91 Å². The number of hydrogen-bond donors (Lipinski definition) is 1. The highest BCUT2D eigenvalue weighted by Crippen LogP contribution is 2.22. The molecule has 0 bridgehead atoms. The van der Waals surface area contributed by atoms with Crippen molar-refractivity contribution in [3.63, 3.8) is 0 Å². The predicted molar refractivity (Wildman–Crippen MR) is 87.2 cm³/mol. The zero-order valence-corrected chi connectivity index (χ0v) is 13.6. The van der Waals surface area contributed by atoms with E-state index in [2.05, 4.69) is 0 Å². The maximum Gasteiger partial charge on any atom is 0.326 e. The van der Waals surface area contributed by atoms with E-state index in [0.29, 0.717) is 31.7 Å². The molecule has 0 spiro atoms. The van der Waals surface area contributed by atoms with Crippen LogP contribution in [-0.4, -0.2) is 53.8 Å². The Morgan fingerprint density at radius 2 is 1.79 bits per heavy atom. The summed E-state index contributed by atoms with van der Waals surface area (Å²) in [7, 11) is 0. The maximum absolute atomic E-state index is 12.6. The van der Waals surface area contributed by atoms with Crippen LogP contribution in [0.2, 0.25) is 0 Å². The van der Waals surface area contributed by atoms with Gasteiger partial charge in [0.05, 0.1) is 13.2 Å². The molecule has 1 aromatic carbocycles. The van der Waals surface area contributed by atoms with Crippen LogP contribution in [0.1, 0.15) is 42.5 Å². The van der Waals surface area contributed by atoms with Crippen LogP contribution in [0.5, 0.6) is 5.75 Å². The zero-order valence-electron chi connectivity index (χ0n) is 13.6. The molecule has 2 aliphatic rings. The van der Waals surface area contributed by atoms with Gasteiger partial charge in [-0.05, 0) is 43.5 Å². The van der Waals surface area contributed by atoms with Gasteiger partial charge in [0.2, 0.25) is 0 Å². The summed E-state index contributed by atoms with van der Waals surface area (Å²) in [5, 5.41) is 9.31. The van der Waals surface area contributed by atoms with Gasteiger partial charge < -0.3 is 19.5 Å². The number of rotatable bonds is 4. The number of nitrogens with zero attached hydrogens (tertiary/aromatic N) is 1. The molecule has 6 heteroatoms. The van der Waals surface area contributed by atoms with E-state index in [-0.39, 0.29) is 12.0 Å². The fraction of sp³-hybridized carbons (Fsp3) is 0.556. The largest absolute Gasteiger partial charge is 0.490 e. The standard InChI is InChI=1S/C18H23NO5/c20-17(19-10-2-1-3-16(19)18(21)22)13-4-6-14(7-5-13)24-15-8-11-23-12-9-15/h4-7,15-16H,1-3,8-12H2,(H,21,22)/t16-/m1/s1. The van der Waals surface area contributed by atoms with Gasteiger partial charge in [0, 0.05) is 24.9 Å². The fourth-order valence-corrected chi connectivity index (χ4v) is 3.26. The third-order valence-corrected chi connectivity index (χ3v) is 4.62. The van der Waals surface area contributed by atoms with Crippen LogP contribution in [-0.2, 0) is 9.53 Å². The summed E-state index contributed by atoms with van der Waals surface area (Å²) in [6.07, 6.45) is 4.10. The summed E-state index contributed by atoms with van der Waals surface area (Å²) < 4.78 is 11.2. The Morgan fingerprint density at radius 1 is 1.08 bits per heavy atom. The Bertz CT molecular complexity index is 580. The van der Waals surface area contributed by atoms with Gasteiger partial charge in [0.1, 0.15) is 17.9 Å². The van der Waals surface area contributed by atoms with Crippen LogP contribution in [0.3, 0.4) is 0 Å². The third kappa shape index (κ3) is 3.87. The van der Waals surface area contributed by atoms with E-state index in [1.807, 2.05) is 0 Å². The van der Waals surface area contributed by atoms with E-state index < -0.39 is 12.0 Å². The monoisotopic (exact) mass is 333 g/mol. The number of carbonyl (C=O) groups excluding carboxylic acids is 1. The number of ether oxygens (including phenoxy) is 2. The Morgan fingerprint density at radius 3 is 2.46 bits per heavy atom. The van der Waals surface area contributed by atoms with Gasteiger partial charge in [-0.25, -0.2) is 4.79 Å². The highest BCUT2D eigenvalue weighted by atomic mass is 16.5. The molecule has 1 amide bonds. The van der Waals surface area contributed by atoms with Crippen molar-refractivity contribution in [3.05, 3.63) is 29.8 Å². The van der Waals surface area contributed by atoms with E-state index in [9.17, 15) is 14.7 Å². The van der Waals surface area contributed by atoms with Crippen molar-refractivity contribution in [2.24, 2.45) is 0 Å². The summed E-state index contributed by atoms with van der Waals surface area (Å²) in [6.45, 7) is 1.93. The highest BCUT2D eigenvalue weighted by Gasteiger charge is 2.32. The van der Waals surface area contributed by atoms with Crippen LogP contribution in [0.15, 0.2) is 24.3 Å². The summed E-state index contributed by atoms with van der Waals surface area (Å²) >= 11 is 0. The number of piperidine rings is 1. The quantitative estimate of drug-likeness (QED) is 0.915. The number of likely N-dealkylation sites (tertiary alicyclic amines) is 1. The maximum atomic E-state index is 12.6. The molecule has 3 rings (SSSR count). The minimum absolute atomic E-state index is 0.152. The van der Waals surface area contributed by atoms with E-state index in [4.69, 9.17) is 9.47 Å². The fourth-order valence-electron chi connectivity index (χ4n) is 3.26. The average molecular weight is 333 g/mol. The lowest BCUT2D eigenvalue weighted by atomic mass is 10.0. The molecule has 1 N–H and O–H groups in total. The van der Waals surface area contributed by atoms with E-state index in [0.717, 1.165) is 31.4 Å². The molecule has 0 aromatic heterocycles. The third-order valence-electron chi connectivity index (χ3n) is 4.62. The van der Waals surface area contributed by atoms with E-state index in [1.54, 1.807) is 24.3 Å². The van der Waals surface area contributed by atoms with Gasteiger partial charge in [-0.2, -0.15) is 0 Å². The molecule has 130 valence electrons. The Balaban J connectivity index is 1.65. The van der Waals surface area contributed by atoms with Gasteiger partial charge in [0.15, 0.2) is 0 Å². The molecule has 0 radical (unpaired) electrons. The van der Waals surface area contributed by atoms with E-state index >= 15 is 0 Å². The number of carboxylic acids is 1. The highest BCUT2D eigenvalue weighted by molar-refractivity contribution is 5.96. The number of aliphatic carboxylic acids is 1. The topological polar surface area (TPSA) is 76.1 Å². The average Bonchev–Trinajstić information content (AvgIpc) is 2.62. The van der Waals surface area contributed by atoms with Crippen LogP contribution in [0.4, 0.5) is 0 Å². The van der Waals surface area contributed by atoms with Crippen molar-refractivity contribution in [2.75, 3.05) is 19.8 Å². The molecule has 6 nitrogen and oxygen atoms in total. The number of carboxylic acid groups (broad SMARTS) is 1. The Hall–Kier alpha value is -2.08.